The monoisotopic (exact) mass is 235 g/mol. The van der Waals surface area contributed by atoms with E-state index in [0.717, 1.165) is 5.25 Å². The highest BCUT2D eigenvalue weighted by atomic mass is 32.2. The van der Waals surface area contributed by atoms with Gasteiger partial charge in [-0.3, -0.25) is 0 Å². The van der Waals surface area contributed by atoms with Crippen LogP contribution in [-0.2, 0) is 0 Å². The molecule has 1 aliphatic carbocycles. The van der Waals surface area contributed by atoms with Crippen LogP contribution >= 0.6 is 11.8 Å². The molecule has 0 unspecified atom stereocenters. The van der Waals surface area contributed by atoms with Crippen molar-refractivity contribution in [1.82, 2.24) is 0 Å². The predicted molar refractivity (Wildman–Crippen MR) is 71.8 cm³/mol. The van der Waals surface area contributed by atoms with Gasteiger partial charge in [0.1, 0.15) is 0 Å². The molecule has 0 radical (unpaired) electrons. The Morgan fingerprint density at radius 2 is 1.75 bits per heavy atom. The number of rotatable bonds is 3. The molecule has 2 rings (SSSR count). The molecule has 0 heterocycles. The summed E-state index contributed by atoms with van der Waals surface area (Å²) in [5, 5.41) is 0.842. The second kappa shape index (κ2) is 5.74. The molecule has 1 nitrogen and oxygen atoms in total. The molecule has 1 aliphatic rings. The largest absolute Gasteiger partial charge is 0.324 e. The minimum atomic E-state index is 0.147. The second-order valence-electron chi connectivity index (χ2n) is 4.74. The first-order chi connectivity index (χ1) is 7.75. The molecule has 88 valence electrons. The van der Waals surface area contributed by atoms with E-state index >= 15 is 0 Å². The summed E-state index contributed by atoms with van der Waals surface area (Å²) in [5.74, 6) is 0. The van der Waals surface area contributed by atoms with Crippen LogP contribution in [0.5, 0.6) is 0 Å². The average molecular weight is 235 g/mol. The maximum Gasteiger partial charge on any atom is 0.0266 e. The fourth-order valence-electron chi connectivity index (χ4n) is 2.23. The van der Waals surface area contributed by atoms with Crippen molar-refractivity contribution in [2.75, 3.05) is 0 Å². The number of hydrogen-bond donors (Lipinski definition) is 1. The van der Waals surface area contributed by atoms with Gasteiger partial charge in [0.05, 0.1) is 0 Å². The summed E-state index contributed by atoms with van der Waals surface area (Å²) in [6, 6.07) is 8.91. The van der Waals surface area contributed by atoms with Crippen LogP contribution in [0.25, 0.3) is 0 Å². The van der Waals surface area contributed by atoms with Crippen LogP contribution in [0.4, 0.5) is 0 Å². The van der Waals surface area contributed by atoms with Gasteiger partial charge in [-0.05, 0) is 37.5 Å². The van der Waals surface area contributed by atoms with E-state index in [1.807, 2.05) is 18.7 Å². The minimum Gasteiger partial charge on any atom is -0.324 e. The third-order valence-corrected chi connectivity index (χ3v) is 4.61. The molecular formula is C14H21NS. The molecule has 1 atom stereocenters. The van der Waals surface area contributed by atoms with Crippen LogP contribution in [0, 0.1) is 0 Å². The minimum absolute atomic E-state index is 0.147. The quantitative estimate of drug-likeness (QED) is 0.852. The van der Waals surface area contributed by atoms with Gasteiger partial charge in [-0.15, -0.1) is 11.8 Å². The number of thioether (sulfide) groups is 1. The summed E-state index contributed by atoms with van der Waals surface area (Å²) in [7, 11) is 0. The summed E-state index contributed by atoms with van der Waals surface area (Å²) in [6.07, 6.45) is 7.03. The van der Waals surface area contributed by atoms with E-state index < -0.39 is 0 Å². The van der Waals surface area contributed by atoms with Gasteiger partial charge in [0.15, 0.2) is 0 Å². The highest BCUT2D eigenvalue weighted by Gasteiger charge is 2.14. The Bertz CT molecular complexity index is 312. The summed E-state index contributed by atoms with van der Waals surface area (Å²) >= 11 is 2.04. The highest BCUT2D eigenvalue weighted by Crippen LogP contribution is 2.33. The number of benzene rings is 1. The Kier molecular flexibility index (Phi) is 4.30. The predicted octanol–water partition coefficient (Wildman–Crippen LogP) is 4.13. The van der Waals surface area contributed by atoms with Crippen LogP contribution < -0.4 is 5.73 Å². The van der Waals surface area contributed by atoms with Crippen molar-refractivity contribution in [3.63, 3.8) is 0 Å². The van der Waals surface area contributed by atoms with Gasteiger partial charge < -0.3 is 5.73 Å². The van der Waals surface area contributed by atoms with Gasteiger partial charge in [-0.2, -0.15) is 0 Å². The van der Waals surface area contributed by atoms with Crippen molar-refractivity contribution in [2.24, 2.45) is 5.73 Å². The molecule has 1 aromatic rings. The highest BCUT2D eigenvalue weighted by molar-refractivity contribution is 8.00. The first kappa shape index (κ1) is 12.0. The summed E-state index contributed by atoms with van der Waals surface area (Å²) in [4.78, 5) is 1.40. The Hall–Kier alpha value is -0.470. The maximum atomic E-state index is 5.84. The van der Waals surface area contributed by atoms with E-state index in [1.165, 1.54) is 42.6 Å². The van der Waals surface area contributed by atoms with Crippen LogP contribution in [0.3, 0.4) is 0 Å². The maximum absolute atomic E-state index is 5.84. The first-order valence-electron chi connectivity index (χ1n) is 6.28. The van der Waals surface area contributed by atoms with Crippen LogP contribution in [-0.4, -0.2) is 5.25 Å². The lowest BCUT2D eigenvalue weighted by molar-refractivity contribution is 0.516. The van der Waals surface area contributed by atoms with E-state index in [0.29, 0.717) is 0 Å². The molecule has 0 spiro atoms. The topological polar surface area (TPSA) is 26.0 Å². The SMILES string of the molecule is C[C@H](N)c1ccc(SC2CCCCC2)cc1. The molecule has 2 heteroatoms. The normalized spacial score (nSPS) is 19.6. The van der Waals surface area contributed by atoms with E-state index in [4.69, 9.17) is 5.73 Å². The fourth-order valence-corrected chi connectivity index (χ4v) is 3.47. The fraction of sp³-hybridized carbons (Fsp3) is 0.571. The van der Waals surface area contributed by atoms with Crippen molar-refractivity contribution in [3.05, 3.63) is 29.8 Å². The van der Waals surface area contributed by atoms with Gasteiger partial charge in [-0.1, -0.05) is 31.4 Å². The third-order valence-electron chi connectivity index (χ3n) is 3.26. The lowest BCUT2D eigenvalue weighted by atomic mass is 10.0. The van der Waals surface area contributed by atoms with Crippen LogP contribution in [0.1, 0.15) is 50.6 Å². The average Bonchev–Trinajstić information content (AvgIpc) is 2.31. The summed E-state index contributed by atoms with van der Waals surface area (Å²) < 4.78 is 0. The molecule has 1 fully saturated rings. The summed E-state index contributed by atoms with van der Waals surface area (Å²) in [5.41, 5.74) is 7.07. The van der Waals surface area contributed by atoms with Gasteiger partial charge in [0, 0.05) is 16.2 Å². The van der Waals surface area contributed by atoms with Crippen molar-refractivity contribution in [2.45, 2.75) is 55.2 Å². The number of hydrogen-bond acceptors (Lipinski definition) is 2. The first-order valence-corrected chi connectivity index (χ1v) is 7.16. The van der Waals surface area contributed by atoms with E-state index in [9.17, 15) is 0 Å². The molecule has 2 N–H and O–H groups in total. The molecule has 0 bridgehead atoms. The van der Waals surface area contributed by atoms with Crippen LogP contribution in [0.2, 0.25) is 0 Å². The van der Waals surface area contributed by atoms with Crippen LogP contribution in [0.15, 0.2) is 29.2 Å². The smallest absolute Gasteiger partial charge is 0.0266 e. The van der Waals surface area contributed by atoms with Gasteiger partial charge >= 0.3 is 0 Å². The van der Waals surface area contributed by atoms with Crippen molar-refractivity contribution in [3.8, 4) is 0 Å². The molecule has 16 heavy (non-hydrogen) atoms. The Morgan fingerprint density at radius 3 is 2.31 bits per heavy atom. The van der Waals surface area contributed by atoms with E-state index in [1.54, 1.807) is 0 Å². The Balaban J connectivity index is 1.93. The lowest BCUT2D eigenvalue weighted by Gasteiger charge is -2.21. The zero-order chi connectivity index (χ0) is 11.4. The van der Waals surface area contributed by atoms with E-state index in [-0.39, 0.29) is 6.04 Å². The zero-order valence-electron chi connectivity index (χ0n) is 9.99. The Morgan fingerprint density at radius 1 is 1.12 bits per heavy atom. The van der Waals surface area contributed by atoms with Crippen molar-refractivity contribution in [1.29, 1.82) is 0 Å². The van der Waals surface area contributed by atoms with Gasteiger partial charge in [-0.25, -0.2) is 0 Å². The molecule has 1 saturated carbocycles. The Labute approximate surface area is 103 Å². The molecule has 0 aliphatic heterocycles. The van der Waals surface area contributed by atoms with E-state index in [2.05, 4.69) is 24.3 Å². The molecule has 0 amide bonds. The molecule has 0 saturated heterocycles. The zero-order valence-corrected chi connectivity index (χ0v) is 10.8. The second-order valence-corrected chi connectivity index (χ2v) is 6.11. The van der Waals surface area contributed by atoms with Crippen molar-refractivity contribution >= 4 is 11.8 Å². The molecule has 0 aromatic heterocycles. The lowest BCUT2D eigenvalue weighted by Crippen LogP contribution is -2.08. The molecule has 1 aromatic carbocycles. The number of nitrogens with two attached hydrogens (primary N) is 1. The standard InChI is InChI=1S/C14H21NS/c1-11(15)12-7-9-14(10-8-12)16-13-5-3-2-4-6-13/h7-11,13H,2-6,15H2,1H3/t11-/m0/s1. The van der Waals surface area contributed by atoms with Crippen molar-refractivity contribution < 1.29 is 0 Å². The van der Waals surface area contributed by atoms with Gasteiger partial charge in [0.2, 0.25) is 0 Å². The summed E-state index contributed by atoms with van der Waals surface area (Å²) in [6.45, 7) is 2.03. The van der Waals surface area contributed by atoms with Gasteiger partial charge in [0.25, 0.3) is 0 Å². The third kappa shape index (κ3) is 3.26. The molecular weight excluding hydrogens is 214 g/mol.